The molecule has 1 amide bonds. The van der Waals surface area contributed by atoms with Crippen molar-refractivity contribution in [2.45, 2.75) is 32.2 Å². The van der Waals surface area contributed by atoms with Gasteiger partial charge in [0.05, 0.1) is 12.5 Å². The number of nitrogens with one attached hydrogen (secondary N) is 1. The van der Waals surface area contributed by atoms with Crippen LogP contribution in [0.3, 0.4) is 0 Å². The van der Waals surface area contributed by atoms with Crippen LogP contribution in [0, 0.1) is 5.41 Å². The molecule has 2 aromatic rings. The van der Waals surface area contributed by atoms with Gasteiger partial charge in [0, 0.05) is 13.1 Å². The maximum Gasteiger partial charge on any atom is 0.227 e. The number of carbonyl (C=O) groups excluding carboxylic acids is 1. The highest BCUT2D eigenvalue weighted by Gasteiger charge is 2.39. The number of hydrogen-bond donors (Lipinski definition) is 2. The largest absolute Gasteiger partial charge is 0.497 e. The molecular weight excluding hydrogens is 288 g/mol. The van der Waals surface area contributed by atoms with E-state index < -0.39 is 0 Å². The number of rotatable bonds is 5. The summed E-state index contributed by atoms with van der Waals surface area (Å²) < 4.78 is 5.24. The van der Waals surface area contributed by atoms with E-state index in [4.69, 9.17) is 10.5 Å². The van der Waals surface area contributed by atoms with Crippen LogP contribution in [0.5, 0.6) is 5.75 Å². The quantitative estimate of drug-likeness (QED) is 0.892. The highest BCUT2D eigenvalue weighted by molar-refractivity contribution is 5.85. The molecule has 4 nitrogen and oxygen atoms in total. The molecule has 1 fully saturated rings. The molecule has 0 heterocycles. The third-order valence-electron chi connectivity index (χ3n) is 5.00. The van der Waals surface area contributed by atoms with E-state index in [1.807, 2.05) is 24.3 Å². The number of amides is 1. The van der Waals surface area contributed by atoms with Gasteiger partial charge in [-0.05, 0) is 47.4 Å². The number of hydrogen-bond acceptors (Lipinski definition) is 3. The second kappa shape index (κ2) is 6.59. The number of fused-ring (bicyclic) bond motifs is 1. The molecule has 0 aliphatic heterocycles. The molecule has 0 atom stereocenters. The Morgan fingerprint density at radius 2 is 1.87 bits per heavy atom. The van der Waals surface area contributed by atoms with Gasteiger partial charge in [-0.3, -0.25) is 4.79 Å². The van der Waals surface area contributed by atoms with Gasteiger partial charge in [-0.25, -0.2) is 0 Å². The number of methoxy groups -OCH3 is 1. The lowest BCUT2D eigenvalue weighted by atomic mass is 9.85. The Kier molecular flexibility index (Phi) is 4.53. The fraction of sp³-hybridized carbons (Fsp3) is 0.421. The van der Waals surface area contributed by atoms with Gasteiger partial charge in [0.25, 0.3) is 0 Å². The summed E-state index contributed by atoms with van der Waals surface area (Å²) in [6, 6.07) is 12.2. The number of carbonyl (C=O) groups is 1. The van der Waals surface area contributed by atoms with Crippen LogP contribution in [0.15, 0.2) is 36.4 Å². The summed E-state index contributed by atoms with van der Waals surface area (Å²) in [4.78, 5) is 12.5. The van der Waals surface area contributed by atoms with E-state index in [1.165, 1.54) is 0 Å². The molecule has 2 aromatic carbocycles. The van der Waals surface area contributed by atoms with Crippen molar-refractivity contribution in [2.24, 2.45) is 11.1 Å². The van der Waals surface area contributed by atoms with E-state index in [2.05, 4.69) is 17.4 Å². The maximum atomic E-state index is 12.5. The normalized spacial score (nSPS) is 16.4. The van der Waals surface area contributed by atoms with Crippen LogP contribution in [-0.2, 0) is 11.3 Å². The van der Waals surface area contributed by atoms with Crippen molar-refractivity contribution < 1.29 is 9.53 Å². The van der Waals surface area contributed by atoms with E-state index in [0.29, 0.717) is 13.1 Å². The van der Waals surface area contributed by atoms with E-state index in [1.54, 1.807) is 7.11 Å². The van der Waals surface area contributed by atoms with Crippen molar-refractivity contribution in [3.63, 3.8) is 0 Å². The zero-order valence-corrected chi connectivity index (χ0v) is 13.6. The molecule has 1 saturated carbocycles. The summed E-state index contributed by atoms with van der Waals surface area (Å²) >= 11 is 0. The standard InChI is InChI=1S/C19H24N2O2/c1-23-17-7-6-15-10-14(4-5-16(15)11-17)12-21-18(22)19(13-20)8-2-3-9-19/h4-7,10-11H,2-3,8-9,12-13,20H2,1H3,(H,21,22). The summed E-state index contributed by atoms with van der Waals surface area (Å²) in [6.07, 6.45) is 4.02. The van der Waals surface area contributed by atoms with Gasteiger partial charge in [-0.15, -0.1) is 0 Å². The Morgan fingerprint density at radius 3 is 2.57 bits per heavy atom. The molecule has 4 heteroatoms. The van der Waals surface area contributed by atoms with Crippen molar-refractivity contribution in [3.8, 4) is 5.75 Å². The number of nitrogens with two attached hydrogens (primary N) is 1. The predicted molar refractivity (Wildman–Crippen MR) is 92.3 cm³/mol. The molecule has 1 aliphatic carbocycles. The predicted octanol–water partition coefficient (Wildman–Crippen LogP) is 2.98. The van der Waals surface area contributed by atoms with Crippen LogP contribution >= 0.6 is 0 Å². The minimum Gasteiger partial charge on any atom is -0.497 e. The van der Waals surface area contributed by atoms with Crippen molar-refractivity contribution >= 4 is 16.7 Å². The third kappa shape index (κ3) is 3.17. The lowest BCUT2D eigenvalue weighted by Crippen LogP contribution is -2.43. The average molecular weight is 312 g/mol. The van der Waals surface area contributed by atoms with Gasteiger partial charge in [-0.2, -0.15) is 0 Å². The molecular formula is C19H24N2O2. The van der Waals surface area contributed by atoms with Gasteiger partial charge in [-0.1, -0.05) is 31.0 Å². The molecule has 23 heavy (non-hydrogen) atoms. The van der Waals surface area contributed by atoms with Gasteiger partial charge in [0.1, 0.15) is 5.75 Å². The Morgan fingerprint density at radius 1 is 1.17 bits per heavy atom. The Bertz CT molecular complexity index is 706. The average Bonchev–Trinajstić information content (AvgIpc) is 3.09. The second-order valence-electron chi connectivity index (χ2n) is 6.42. The van der Waals surface area contributed by atoms with Crippen LogP contribution in [-0.4, -0.2) is 19.6 Å². The lowest BCUT2D eigenvalue weighted by Gasteiger charge is -2.25. The first-order valence-electron chi connectivity index (χ1n) is 8.22. The molecule has 122 valence electrons. The molecule has 0 spiro atoms. The van der Waals surface area contributed by atoms with Crippen molar-refractivity contribution in [1.29, 1.82) is 0 Å². The fourth-order valence-electron chi connectivity index (χ4n) is 3.46. The van der Waals surface area contributed by atoms with E-state index in [0.717, 1.165) is 47.8 Å². The molecule has 0 bridgehead atoms. The first-order valence-corrected chi connectivity index (χ1v) is 8.22. The minimum atomic E-state index is -0.343. The van der Waals surface area contributed by atoms with Crippen LogP contribution in [0.1, 0.15) is 31.2 Å². The SMILES string of the molecule is COc1ccc2cc(CNC(=O)C3(CN)CCCC3)ccc2c1. The van der Waals surface area contributed by atoms with E-state index in [9.17, 15) is 4.79 Å². The Hall–Kier alpha value is -2.07. The molecule has 0 saturated heterocycles. The summed E-state index contributed by atoms with van der Waals surface area (Å²) in [7, 11) is 1.67. The lowest BCUT2D eigenvalue weighted by molar-refractivity contribution is -0.130. The Labute approximate surface area is 137 Å². The topological polar surface area (TPSA) is 64.3 Å². The number of benzene rings is 2. The van der Waals surface area contributed by atoms with Crippen LogP contribution in [0.25, 0.3) is 10.8 Å². The molecule has 0 unspecified atom stereocenters. The Balaban J connectivity index is 1.70. The molecule has 3 rings (SSSR count). The van der Waals surface area contributed by atoms with Crippen LogP contribution in [0.4, 0.5) is 0 Å². The summed E-state index contributed by atoms with van der Waals surface area (Å²) in [5.74, 6) is 0.956. The maximum absolute atomic E-state index is 12.5. The fourth-order valence-corrected chi connectivity index (χ4v) is 3.46. The minimum absolute atomic E-state index is 0.104. The summed E-state index contributed by atoms with van der Waals surface area (Å²) in [5.41, 5.74) is 6.62. The van der Waals surface area contributed by atoms with Gasteiger partial charge in [0.2, 0.25) is 5.91 Å². The first kappa shape index (κ1) is 15.8. The highest BCUT2D eigenvalue weighted by atomic mass is 16.5. The van der Waals surface area contributed by atoms with E-state index in [-0.39, 0.29) is 11.3 Å². The van der Waals surface area contributed by atoms with Crippen molar-refractivity contribution in [3.05, 3.63) is 42.0 Å². The zero-order valence-electron chi connectivity index (χ0n) is 13.6. The molecule has 3 N–H and O–H groups in total. The van der Waals surface area contributed by atoms with Crippen molar-refractivity contribution in [1.82, 2.24) is 5.32 Å². The van der Waals surface area contributed by atoms with Gasteiger partial charge in [0.15, 0.2) is 0 Å². The molecule has 1 aliphatic rings. The van der Waals surface area contributed by atoms with Gasteiger partial charge < -0.3 is 15.8 Å². The first-order chi connectivity index (χ1) is 11.2. The van der Waals surface area contributed by atoms with Crippen molar-refractivity contribution in [2.75, 3.05) is 13.7 Å². The van der Waals surface area contributed by atoms with Crippen LogP contribution < -0.4 is 15.8 Å². The summed E-state index contributed by atoms with van der Waals surface area (Å²) in [5, 5.41) is 5.35. The summed E-state index contributed by atoms with van der Waals surface area (Å²) in [6.45, 7) is 0.985. The molecule has 0 aromatic heterocycles. The smallest absolute Gasteiger partial charge is 0.227 e. The van der Waals surface area contributed by atoms with Crippen LogP contribution in [0.2, 0.25) is 0 Å². The highest BCUT2D eigenvalue weighted by Crippen LogP contribution is 2.37. The third-order valence-corrected chi connectivity index (χ3v) is 5.00. The molecule has 0 radical (unpaired) electrons. The second-order valence-corrected chi connectivity index (χ2v) is 6.42. The number of ether oxygens (including phenoxy) is 1. The monoisotopic (exact) mass is 312 g/mol. The van der Waals surface area contributed by atoms with E-state index >= 15 is 0 Å². The zero-order chi connectivity index (χ0) is 16.3. The van der Waals surface area contributed by atoms with Gasteiger partial charge >= 0.3 is 0 Å².